The zero-order chi connectivity index (χ0) is 23.2. The monoisotopic (exact) mass is 481 g/mol. The summed E-state index contributed by atoms with van der Waals surface area (Å²) in [5, 5.41) is 3.95. The summed E-state index contributed by atoms with van der Waals surface area (Å²) in [4.78, 5) is 0. The summed E-state index contributed by atoms with van der Waals surface area (Å²) < 4.78 is 19.2. The van der Waals surface area contributed by atoms with E-state index in [2.05, 4.69) is 105 Å². The lowest BCUT2D eigenvalue weighted by Crippen LogP contribution is -2.41. The molecule has 0 aliphatic carbocycles. The molecule has 1 aliphatic heterocycles. The van der Waals surface area contributed by atoms with Gasteiger partial charge in [-0.3, -0.25) is 0 Å². The topological polar surface area (TPSA) is 23.4 Å². The number of aromatic nitrogens is 1. The number of hydrogen-bond acceptors (Lipinski definition) is 4. The Morgan fingerprint density at radius 1 is 0.765 bits per heavy atom. The van der Waals surface area contributed by atoms with Crippen LogP contribution in [0.4, 0.5) is 0 Å². The molecule has 6 heteroatoms. The fraction of sp³-hybridized carbons (Fsp3) is 0.214. The second-order valence-corrected chi connectivity index (χ2v) is 12.4. The molecule has 3 aromatic heterocycles. The molecular weight excluding hydrogens is 457 g/mol. The van der Waals surface area contributed by atoms with Gasteiger partial charge >= 0.3 is 7.12 Å². The Bertz CT molecular complexity index is 1710. The van der Waals surface area contributed by atoms with E-state index in [9.17, 15) is 0 Å². The van der Waals surface area contributed by atoms with E-state index in [1.165, 1.54) is 46.3 Å². The number of fused-ring (bicyclic) bond motifs is 7. The SMILES string of the molecule is CC1(C)OB(c2ccc3c(c2)c2sc4sc5ccccc5c4c2n3-c2ccccc2)OC1(C)C. The maximum Gasteiger partial charge on any atom is 0.494 e. The third-order valence-electron chi connectivity index (χ3n) is 7.48. The Morgan fingerprint density at radius 2 is 1.47 bits per heavy atom. The summed E-state index contributed by atoms with van der Waals surface area (Å²) in [5.74, 6) is 0. The zero-order valence-corrected chi connectivity index (χ0v) is 21.2. The van der Waals surface area contributed by atoms with E-state index in [0.717, 1.165) is 5.46 Å². The van der Waals surface area contributed by atoms with E-state index in [1.807, 2.05) is 22.7 Å². The van der Waals surface area contributed by atoms with Crippen molar-refractivity contribution in [2.45, 2.75) is 38.9 Å². The molecular formula is C28H24BNO2S2. The number of thiophene rings is 2. The van der Waals surface area contributed by atoms with Gasteiger partial charge in [0.1, 0.15) is 0 Å². The van der Waals surface area contributed by atoms with Gasteiger partial charge in [0.2, 0.25) is 0 Å². The Balaban J connectivity index is 1.54. The number of benzene rings is 3. The van der Waals surface area contributed by atoms with Gasteiger partial charge in [0.15, 0.2) is 0 Å². The molecule has 0 saturated carbocycles. The lowest BCUT2D eigenvalue weighted by molar-refractivity contribution is 0.00578. The van der Waals surface area contributed by atoms with Crippen LogP contribution in [-0.4, -0.2) is 22.9 Å². The minimum Gasteiger partial charge on any atom is -0.399 e. The molecule has 3 nitrogen and oxygen atoms in total. The van der Waals surface area contributed by atoms with Crippen molar-refractivity contribution in [3.05, 3.63) is 72.8 Å². The van der Waals surface area contributed by atoms with Crippen molar-refractivity contribution < 1.29 is 9.31 Å². The predicted molar refractivity (Wildman–Crippen MR) is 147 cm³/mol. The molecule has 0 bridgehead atoms. The van der Waals surface area contributed by atoms with Crippen molar-refractivity contribution in [1.29, 1.82) is 0 Å². The van der Waals surface area contributed by atoms with Crippen molar-refractivity contribution in [1.82, 2.24) is 4.57 Å². The molecule has 0 amide bonds. The van der Waals surface area contributed by atoms with Crippen LogP contribution in [0.15, 0.2) is 72.8 Å². The number of para-hydroxylation sites is 1. The molecule has 1 saturated heterocycles. The zero-order valence-electron chi connectivity index (χ0n) is 19.6. The molecule has 1 fully saturated rings. The van der Waals surface area contributed by atoms with Gasteiger partial charge in [0.25, 0.3) is 0 Å². The highest BCUT2D eigenvalue weighted by Gasteiger charge is 2.51. The standard InChI is InChI=1S/C28H24BNO2S2/c1-27(2)28(3,4)32-29(31-27)17-14-15-21-20(16-17)25-24(30(21)18-10-6-5-7-11-18)23-19-12-8-9-13-22(19)33-26(23)34-25/h5-16H,1-4H3. The van der Waals surface area contributed by atoms with Gasteiger partial charge in [-0.1, -0.05) is 48.5 Å². The van der Waals surface area contributed by atoms with Crippen molar-refractivity contribution in [3.63, 3.8) is 0 Å². The number of nitrogens with zero attached hydrogens (tertiary/aromatic N) is 1. The van der Waals surface area contributed by atoms with Crippen LogP contribution in [0.2, 0.25) is 0 Å². The first-order valence-corrected chi connectivity index (χ1v) is 13.3. The Hall–Kier alpha value is -2.64. The maximum atomic E-state index is 6.38. The van der Waals surface area contributed by atoms with Crippen LogP contribution in [0.25, 0.3) is 46.3 Å². The van der Waals surface area contributed by atoms with E-state index >= 15 is 0 Å². The van der Waals surface area contributed by atoms with Gasteiger partial charge in [-0.05, 0) is 57.4 Å². The lowest BCUT2D eigenvalue weighted by atomic mass is 9.78. The lowest BCUT2D eigenvalue weighted by Gasteiger charge is -2.32. The summed E-state index contributed by atoms with van der Waals surface area (Å²) in [6.07, 6.45) is 0. The minimum absolute atomic E-state index is 0.359. The average molecular weight is 481 g/mol. The van der Waals surface area contributed by atoms with Gasteiger partial charge in [-0.15, -0.1) is 22.7 Å². The first-order valence-electron chi connectivity index (χ1n) is 11.6. The molecule has 0 spiro atoms. The summed E-state index contributed by atoms with van der Waals surface area (Å²) in [5.41, 5.74) is 4.04. The van der Waals surface area contributed by atoms with Crippen LogP contribution >= 0.6 is 22.7 Å². The van der Waals surface area contributed by atoms with Gasteiger partial charge in [0.05, 0.1) is 30.9 Å². The molecule has 0 N–H and O–H groups in total. The molecule has 3 aromatic carbocycles. The molecule has 0 radical (unpaired) electrons. The molecule has 4 heterocycles. The van der Waals surface area contributed by atoms with Gasteiger partial charge < -0.3 is 13.9 Å². The first kappa shape index (κ1) is 20.7. The fourth-order valence-electron chi connectivity index (χ4n) is 4.99. The van der Waals surface area contributed by atoms with Crippen LogP contribution in [0.5, 0.6) is 0 Å². The molecule has 0 unspecified atom stereocenters. The van der Waals surface area contributed by atoms with E-state index in [0.29, 0.717) is 0 Å². The molecule has 7 rings (SSSR count). The van der Waals surface area contributed by atoms with Crippen LogP contribution in [0.3, 0.4) is 0 Å². The van der Waals surface area contributed by atoms with E-state index in [1.54, 1.807) is 0 Å². The van der Waals surface area contributed by atoms with Gasteiger partial charge in [-0.2, -0.15) is 0 Å². The molecule has 1 aliphatic rings. The highest BCUT2D eigenvalue weighted by Crippen LogP contribution is 2.48. The quantitative estimate of drug-likeness (QED) is 0.239. The predicted octanol–water partition coefficient (Wildman–Crippen LogP) is 7.51. The number of hydrogen-bond donors (Lipinski definition) is 0. The highest BCUT2D eigenvalue weighted by molar-refractivity contribution is 7.45. The minimum atomic E-state index is -0.369. The Morgan fingerprint density at radius 3 is 2.24 bits per heavy atom. The van der Waals surface area contributed by atoms with Crippen LogP contribution in [0.1, 0.15) is 27.7 Å². The van der Waals surface area contributed by atoms with Crippen molar-refractivity contribution >= 4 is 75.9 Å². The smallest absolute Gasteiger partial charge is 0.399 e. The summed E-state index contributed by atoms with van der Waals surface area (Å²) in [6, 6.07) is 26.1. The average Bonchev–Trinajstić information content (AvgIpc) is 3.50. The van der Waals surface area contributed by atoms with Crippen molar-refractivity contribution in [3.8, 4) is 5.69 Å². The maximum absolute atomic E-state index is 6.38. The Labute approximate surface area is 206 Å². The van der Waals surface area contributed by atoms with Gasteiger partial charge in [-0.25, -0.2) is 0 Å². The largest absolute Gasteiger partial charge is 0.494 e. The van der Waals surface area contributed by atoms with Crippen LogP contribution in [-0.2, 0) is 9.31 Å². The number of rotatable bonds is 2. The Kier molecular flexibility index (Phi) is 4.24. The summed E-state index contributed by atoms with van der Waals surface area (Å²) in [7, 11) is -0.369. The summed E-state index contributed by atoms with van der Waals surface area (Å²) >= 11 is 3.79. The highest BCUT2D eigenvalue weighted by atomic mass is 32.2. The molecule has 34 heavy (non-hydrogen) atoms. The second kappa shape index (κ2) is 6.95. The summed E-state index contributed by atoms with van der Waals surface area (Å²) in [6.45, 7) is 8.42. The van der Waals surface area contributed by atoms with Crippen molar-refractivity contribution in [2.75, 3.05) is 0 Å². The molecule has 6 aromatic rings. The van der Waals surface area contributed by atoms with Crippen molar-refractivity contribution in [2.24, 2.45) is 0 Å². The van der Waals surface area contributed by atoms with E-state index < -0.39 is 0 Å². The van der Waals surface area contributed by atoms with Crippen LogP contribution in [0, 0.1) is 0 Å². The first-order chi connectivity index (χ1) is 16.3. The third-order valence-corrected chi connectivity index (χ3v) is 9.95. The molecule has 0 atom stereocenters. The fourth-order valence-corrected chi connectivity index (χ4v) is 7.67. The van der Waals surface area contributed by atoms with E-state index in [-0.39, 0.29) is 18.3 Å². The van der Waals surface area contributed by atoms with Gasteiger partial charge in [0, 0.05) is 26.5 Å². The normalized spacial score (nSPS) is 17.6. The van der Waals surface area contributed by atoms with E-state index in [4.69, 9.17) is 9.31 Å². The molecule has 168 valence electrons. The van der Waals surface area contributed by atoms with Crippen LogP contribution < -0.4 is 5.46 Å². The third kappa shape index (κ3) is 2.77. The second-order valence-electron chi connectivity index (χ2n) is 10.1.